The second kappa shape index (κ2) is 8.54. The largest absolute Gasteiger partial charge is 0.340 e. The molecule has 6 rings (SSSR count). The number of aromatic amines is 1. The first-order valence-electron chi connectivity index (χ1n) is 12.1. The number of piperidine rings is 1. The number of fused-ring (bicyclic) bond motifs is 4. The smallest absolute Gasteiger partial charge is 0.332 e. The summed E-state index contributed by atoms with van der Waals surface area (Å²) in [4.78, 5) is 16.9. The Morgan fingerprint density at radius 2 is 1.84 bits per heavy atom. The lowest BCUT2D eigenvalue weighted by Gasteiger charge is -2.28. The fourth-order valence-corrected chi connectivity index (χ4v) is 6.08. The number of aryl methyl sites for hydroxylation is 1. The van der Waals surface area contributed by atoms with Crippen molar-refractivity contribution >= 4 is 43.1 Å². The van der Waals surface area contributed by atoms with Crippen molar-refractivity contribution in [2.45, 2.75) is 30.7 Å². The Labute approximate surface area is 212 Å². The molecule has 3 aromatic carbocycles. The summed E-state index contributed by atoms with van der Waals surface area (Å²) in [5.74, 6) is 0. The van der Waals surface area contributed by atoms with E-state index in [1.54, 1.807) is 18.2 Å². The molecule has 1 aliphatic rings. The average Bonchev–Trinajstić information content (AvgIpc) is 3.27. The van der Waals surface area contributed by atoms with Crippen LogP contribution < -0.4 is 10.7 Å². The van der Waals surface area contributed by atoms with Crippen LogP contribution in [0.15, 0.2) is 64.3 Å². The van der Waals surface area contributed by atoms with Crippen molar-refractivity contribution in [2.24, 2.45) is 0 Å². The van der Waals surface area contributed by atoms with Crippen LogP contribution in [0.25, 0.3) is 44.0 Å². The third kappa shape index (κ3) is 3.80. The van der Waals surface area contributed by atoms with Crippen LogP contribution >= 0.6 is 0 Å². The molecule has 0 aliphatic carbocycles. The molecule has 186 valence electrons. The van der Waals surface area contributed by atoms with Crippen LogP contribution in [0, 0.1) is 18.3 Å². The van der Waals surface area contributed by atoms with Crippen LogP contribution in [-0.2, 0) is 10.2 Å². The van der Waals surface area contributed by atoms with Crippen LogP contribution in [0.3, 0.4) is 0 Å². The zero-order valence-electron chi connectivity index (χ0n) is 20.0. The van der Waals surface area contributed by atoms with Gasteiger partial charge in [0.1, 0.15) is 5.65 Å². The summed E-state index contributed by atoms with van der Waals surface area (Å²) in [6.07, 6.45) is 1.73. The minimum Gasteiger partial charge on any atom is -0.340 e. The van der Waals surface area contributed by atoms with Crippen molar-refractivity contribution in [3.8, 4) is 17.2 Å². The molecule has 1 aliphatic heterocycles. The summed E-state index contributed by atoms with van der Waals surface area (Å²) in [5, 5.41) is 14.7. The van der Waals surface area contributed by atoms with Gasteiger partial charge in [-0.05, 0) is 85.9 Å². The summed E-state index contributed by atoms with van der Waals surface area (Å²) >= 11 is 0. The van der Waals surface area contributed by atoms with Crippen LogP contribution in [0.4, 0.5) is 3.89 Å². The highest BCUT2D eigenvalue weighted by Crippen LogP contribution is 2.35. The van der Waals surface area contributed by atoms with Crippen LogP contribution in [0.2, 0.25) is 0 Å². The second-order valence-corrected chi connectivity index (χ2v) is 10.9. The monoisotopic (exact) mass is 514 g/mol. The zero-order valence-corrected chi connectivity index (χ0v) is 20.8. The highest BCUT2D eigenvalue weighted by atomic mass is 32.3. The lowest BCUT2D eigenvalue weighted by molar-refractivity contribution is 0.381. The van der Waals surface area contributed by atoms with Gasteiger partial charge in [0.15, 0.2) is 5.43 Å². The number of nitrogens with zero attached hydrogens (tertiary/aromatic N) is 2. The average molecular weight is 515 g/mol. The molecule has 0 spiro atoms. The minimum absolute atomic E-state index is 0.110. The number of rotatable bonds is 3. The van der Waals surface area contributed by atoms with Crippen molar-refractivity contribution in [1.82, 2.24) is 14.9 Å². The molecule has 7 nitrogen and oxygen atoms in total. The zero-order chi connectivity index (χ0) is 25.9. The fourth-order valence-electron chi connectivity index (χ4n) is 5.57. The van der Waals surface area contributed by atoms with Crippen molar-refractivity contribution in [3.63, 3.8) is 0 Å². The minimum atomic E-state index is -4.86. The molecule has 1 saturated heterocycles. The van der Waals surface area contributed by atoms with Crippen molar-refractivity contribution in [2.75, 3.05) is 13.1 Å². The first-order valence-corrected chi connectivity index (χ1v) is 13.4. The van der Waals surface area contributed by atoms with Gasteiger partial charge in [-0.2, -0.15) is 13.7 Å². The molecule has 1 fully saturated rings. The molecule has 9 heteroatoms. The first kappa shape index (κ1) is 23.4. The van der Waals surface area contributed by atoms with E-state index in [1.165, 1.54) is 18.2 Å². The van der Waals surface area contributed by atoms with Crippen LogP contribution in [-0.4, -0.2) is 31.1 Å². The molecule has 0 unspecified atom stereocenters. The lowest BCUT2D eigenvalue weighted by Crippen LogP contribution is -2.30. The fraction of sp³-hybridized carbons (Fsp3) is 0.214. The summed E-state index contributed by atoms with van der Waals surface area (Å²) < 4.78 is 39.0. The topological polar surface area (TPSA) is 108 Å². The molecule has 2 N–H and O–H groups in total. The Morgan fingerprint density at radius 1 is 1.05 bits per heavy atom. The molecule has 0 saturated carbocycles. The number of H-pyrrole nitrogens is 1. The summed E-state index contributed by atoms with van der Waals surface area (Å²) in [7, 11) is -4.86. The van der Waals surface area contributed by atoms with Gasteiger partial charge in [0.2, 0.25) is 0 Å². The second-order valence-electron chi connectivity index (χ2n) is 9.55. The van der Waals surface area contributed by atoms with Gasteiger partial charge in [-0.15, -0.1) is 3.89 Å². The quantitative estimate of drug-likeness (QED) is 0.327. The van der Waals surface area contributed by atoms with Crippen LogP contribution in [0.5, 0.6) is 0 Å². The van der Waals surface area contributed by atoms with E-state index in [1.807, 2.05) is 25.1 Å². The Kier molecular flexibility index (Phi) is 5.40. The number of pyridine rings is 1. The molecule has 0 amide bonds. The highest BCUT2D eigenvalue weighted by molar-refractivity contribution is 7.86. The van der Waals surface area contributed by atoms with Gasteiger partial charge < -0.3 is 14.9 Å². The van der Waals surface area contributed by atoms with E-state index >= 15 is 0 Å². The van der Waals surface area contributed by atoms with Crippen molar-refractivity contribution in [1.29, 1.82) is 5.26 Å². The van der Waals surface area contributed by atoms with Gasteiger partial charge in [-0.1, -0.05) is 18.2 Å². The molecule has 0 atom stereocenters. The molecule has 3 heterocycles. The number of halogens is 1. The molecular formula is C28H23FN4O3S. The Balaban J connectivity index is 1.72. The standard InChI is InChI=1S/C28H23FN4O3S/c1-16-11-23-25(14-22(16)18-3-2-4-20(13-18)37(29,35)36)33(19-7-9-31-10-8-19)28-26(27(23)34)21-6-5-17(15-30)12-24(21)32-28/h2-6,11-14,19,31-32H,7-10H2,1H3. The molecule has 2 aromatic heterocycles. The van der Waals surface area contributed by atoms with E-state index in [4.69, 9.17) is 0 Å². The maximum Gasteiger partial charge on any atom is 0.332 e. The number of benzene rings is 3. The predicted octanol–water partition coefficient (Wildman–Crippen LogP) is 5.07. The number of aromatic nitrogens is 2. The van der Waals surface area contributed by atoms with Gasteiger partial charge >= 0.3 is 10.2 Å². The van der Waals surface area contributed by atoms with Gasteiger partial charge in [-0.25, -0.2) is 0 Å². The Morgan fingerprint density at radius 3 is 2.57 bits per heavy atom. The van der Waals surface area contributed by atoms with Crippen molar-refractivity contribution in [3.05, 3.63) is 75.9 Å². The summed E-state index contributed by atoms with van der Waals surface area (Å²) in [6.45, 7) is 3.54. The number of nitrogens with one attached hydrogen (secondary N) is 2. The van der Waals surface area contributed by atoms with Gasteiger partial charge in [0.25, 0.3) is 0 Å². The third-order valence-electron chi connectivity index (χ3n) is 7.32. The van der Waals surface area contributed by atoms with E-state index in [2.05, 4.69) is 20.9 Å². The molecule has 37 heavy (non-hydrogen) atoms. The number of nitriles is 1. The first-order chi connectivity index (χ1) is 17.8. The van der Waals surface area contributed by atoms with Gasteiger partial charge in [0.05, 0.1) is 27.4 Å². The predicted molar refractivity (Wildman–Crippen MR) is 142 cm³/mol. The third-order valence-corrected chi connectivity index (χ3v) is 8.14. The molecule has 0 bridgehead atoms. The van der Waals surface area contributed by atoms with Crippen LogP contribution in [0.1, 0.15) is 30.0 Å². The van der Waals surface area contributed by atoms with E-state index in [0.717, 1.165) is 53.5 Å². The van der Waals surface area contributed by atoms with Gasteiger partial charge in [-0.3, -0.25) is 4.79 Å². The maximum absolute atomic E-state index is 13.9. The molecular weight excluding hydrogens is 491 g/mol. The van der Waals surface area contributed by atoms with Gasteiger partial charge in [0, 0.05) is 22.3 Å². The maximum atomic E-state index is 13.9. The lowest BCUT2D eigenvalue weighted by atomic mass is 9.96. The summed E-state index contributed by atoms with van der Waals surface area (Å²) in [5.41, 5.74) is 4.60. The normalized spacial score (nSPS) is 14.9. The Bertz CT molecular complexity index is 1940. The van der Waals surface area contributed by atoms with E-state index in [0.29, 0.717) is 27.5 Å². The number of hydrogen-bond acceptors (Lipinski definition) is 5. The van der Waals surface area contributed by atoms with E-state index in [-0.39, 0.29) is 11.5 Å². The van der Waals surface area contributed by atoms with E-state index in [9.17, 15) is 22.4 Å². The highest BCUT2D eigenvalue weighted by Gasteiger charge is 2.24. The summed E-state index contributed by atoms with van der Waals surface area (Å²) in [6, 6.07) is 17.1. The van der Waals surface area contributed by atoms with E-state index < -0.39 is 15.1 Å². The SMILES string of the molecule is Cc1cc2c(=O)c3c4ccc(C#N)cc4[nH]c3n(C3CCNCC3)c2cc1-c1cccc(S(=O)(=O)F)c1. The molecule has 0 radical (unpaired) electrons. The van der Waals surface area contributed by atoms with Crippen molar-refractivity contribution < 1.29 is 12.3 Å². The number of hydrogen-bond donors (Lipinski definition) is 2. The Hall–Kier alpha value is -4.00. The molecule has 5 aromatic rings.